The molecule has 0 saturated carbocycles. The van der Waals surface area contributed by atoms with Gasteiger partial charge >= 0.3 is 0 Å². The second kappa shape index (κ2) is 5.26. The van der Waals surface area contributed by atoms with Gasteiger partial charge in [0.1, 0.15) is 5.82 Å². The molecule has 4 heteroatoms. The summed E-state index contributed by atoms with van der Waals surface area (Å²) in [5.74, 6) is 2.90. The quantitative estimate of drug-likeness (QED) is 0.800. The molecule has 0 bridgehead atoms. The first-order valence-corrected chi connectivity index (χ1v) is 5.68. The minimum Gasteiger partial charge on any atom is -0.330 e. The van der Waals surface area contributed by atoms with Gasteiger partial charge in [0.15, 0.2) is 5.82 Å². The Kier molecular flexibility index (Phi) is 4.27. The largest absolute Gasteiger partial charge is 0.330 e. The summed E-state index contributed by atoms with van der Waals surface area (Å²) >= 11 is 0. The highest BCUT2D eigenvalue weighted by Gasteiger charge is 2.15. The van der Waals surface area contributed by atoms with Gasteiger partial charge in [-0.1, -0.05) is 20.8 Å². The Morgan fingerprint density at radius 3 is 2.53 bits per heavy atom. The predicted molar refractivity (Wildman–Crippen MR) is 61.6 cm³/mol. The van der Waals surface area contributed by atoms with Crippen LogP contribution in [-0.4, -0.2) is 21.3 Å². The van der Waals surface area contributed by atoms with Gasteiger partial charge in [-0.05, 0) is 12.3 Å². The molecule has 0 aliphatic rings. The molecule has 0 amide bonds. The minimum absolute atomic E-state index is 0.336. The molecule has 1 aromatic rings. The van der Waals surface area contributed by atoms with Gasteiger partial charge in [-0.15, -0.1) is 0 Å². The van der Waals surface area contributed by atoms with Crippen molar-refractivity contribution in [1.82, 2.24) is 14.8 Å². The zero-order chi connectivity index (χ0) is 11.4. The summed E-state index contributed by atoms with van der Waals surface area (Å²) < 4.78 is 1.87. The maximum Gasteiger partial charge on any atom is 0.151 e. The molecule has 86 valence electrons. The summed E-state index contributed by atoms with van der Waals surface area (Å²) in [7, 11) is 1.95. The van der Waals surface area contributed by atoms with E-state index >= 15 is 0 Å². The summed E-state index contributed by atoms with van der Waals surface area (Å²) in [6, 6.07) is 0. The molecule has 0 spiro atoms. The first-order valence-electron chi connectivity index (χ1n) is 5.68. The summed E-state index contributed by atoms with van der Waals surface area (Å²) in [6.07, 6.45) is 1.96. The Balaban J connectivity index is 2.85. The van der Waals surface area contributed by atoms with E-state index < -0.39 is 0 Å². The highest BCUT2D eigenvalue weighted by molar-refractivity contribution is 5.00. The van der Waals surface area contributed by atoms with E-state index in [1.165, 1.54) is 0 Å². The lowest BCUT2D eigenvalue weighted by atomic mass is 10.1. The topological polar surface area (TPSA) is 56.7 Å². The summed E-state index contributed by atoms with van der Waals surface area (Å²) in [4.78, 5) is 4.56. The third kappa shape index (κ3) is 3.02. The van der Waals surface area contributed by atoms with Crippen molar-refractivity contribution < 1.29 is 0 Å². The van der Waals surface area contributed by atoms with Crippen molar-refractivity contribution in [3.05, 3.63) is 11.6 Å². The van der Waals surface area contributed by atoms with Crippen molar-refractivity contribution in [2.75, 3.05) is 6.54 Å². The van der Waals surface area contributed by atoms with Crippen molar-refractivity contribution in [1.29, 1.82) is 0 Å². The second-order valence-electron chi connectivity index (χ2n) is 4.45. The fraction of sp³-hybridized carbons (Fsp3) is 0.818. The molecule has 1 unspecified atom stereocenters. The Morgan fingerprint density at radius 1 is 1.40 bits per heavy atom. The van der Waals surface area contributed by atoms with Crippen LogP contribution in [0.1, 0.15) is 44.8 Å². The van der Waals surface area contributed by atoms with Gasteiger partial charge in [0.05, 0.1) is 0 Å². The number of hydrogen-bond donors (Lipinski definition) is 1. The molecule has 0 aliphatic carbocycles. The normalized spacial score (nSPS) is 13.5. The summed E-state index contributed by atoms with van der Waals surface area (Å²) in [6.45, 7) is 7.13. The molecule has 0 fully saturated rings. The highest BCUT2D eigenvalue weighted by Crippen LogP contribution is 2.16. The van der Waals surface area contributed by atoms with Crippen LogP contribution in [0.25, 0.3) is 0 Å². The van der Waals surface area contributed by atoms with Gasteiger partial charge in [0.25, 0.3) is 0 Å². The first-order chi connectivity index (χ1) is 7.08. The number of aryl methyl sites for hydroxylation is 1. The van der Waals surface area contributed by atoms with Crippen LogP contribution in [0.4, 0.5) is 0 Å². The van der Waals surface area contributed by atoms with Gasteiger partial charge in [0.2, 0.25) is 0 Å². The SMILES string of the molecule is CCC(CN)c1nc(CC(C)C)nn1C. The lowest BCUT2D eigenvalue weighted by molar-refractivity contribution is 0.578. The van der Waals surface area contributed by atoms with Crippen LogP contribution in [0, 0.1) is 5.92 Å². The molecular formula is C11H22N4. The predicted octanol–water partition coefficient (Wildman–Crippen LogP) is 1.47. The molecule has 0 aromatic carbocycles. The third-order valence-electron chi connectivity index (χ3n) is 2.57. The van der Waals surface area contributed by atoms with Gasteiger partial charge in [0, 0.05) is 25.9 Å². The van der Waals surface area contributed by atoms with Gasteiger partial charge < -0.3 is 5.73 Å². The Bertz CT molecular complexity index is 300. The maximum absolute atomic E-state index is 5.71. The molecule has 15 heavy (non-hydrogen) atoms. The van der Waals surface area contributed by atoms with Crippen molar-refractivity contribution in [3.8, 4) is 0 Å². The van der Waals surface area contributed by atoms with Crippen molar-refractivity contribution in [2.45, 2.75) is 39.5 Å². The van der Waals surface area contributed by atoms with E-state index in [1.807, 2.05) is 11.7 Å². The van der Waals surface area contributed by atoms with Gasteiger partial charge in [-0.25, -0.2) is 4.98 Å². The van der Waals surface area contributed by atoms with Crippen LogP contribution >= 0.6 is 0 Å². The number of rotatable bonds is 5. The van der Waals surface area contributed by atoms with E-state index in [1.54, 1.807) is 0 Å². The molecule has 0 saturated heterocycles. The molecule has 2 N–H and O–H groups in total. The van der Waals surface area contributed by atoms with Crippen molar-refractivity contribution in [3.63, 3.8) is 0 Å². The summed E-state index contributed by atoms with van der Waals surface area (Å²) in [5.41, 5.74) is 5.71. The zero-order valence-electron chi connectivity index (χ0n) is 10.2. The van der Waals surface area contributed by atoms with Crippen LogP contribution < -0.4 is 5.73 Å². The maximum atomic E-state index is 5.71. The van der Waals surface area contributed by atoms with Crippen LogP contribution in [0.15, 0.2) is 0 Å². The van der Waals surface area contributed by atoms with E-state index in [9.17, 15) is 0 Å². The average molecular weight is 210 g/mol. The monoisotopic (exact) mass is 210 g/mol. The van der Waals surface area contributed by atoms with E-state index in [0.29, 0.717) is 18.4 Å². The van der Waals surface area contributed by atoms with Crippen LogP contribution in [0.5, 0.6) is 0 Å². The molecule has 0 radical (unpaired) electrons. The molecule has 4 nitrogen and oxygen atoms in total. The van der Waals surface area contributed by atoms with Crippen molar-refractivity contribution >= 4 is 0 Å². The van der Waals surface area contributed by atoms with Crippen LogP contribution in [0.3, 0.4) is 0 Å². The Labute approximate surface area is 91.9 Å². The fourth-order valence-electron chi connectivity index (χ4n) is 1.71. The molecule has 1 rings (SSSR count). The summed E-state index contributed by atoms with van der Waals surface area (Å²) in [5, 5.41) is 4.42. The second-order valence-corrected chi connectivity index (χ2v) is 4.45. The molecule has 1 aromatic heterocycles. The average Bonchev–Trinajstić information content (AvgIpc) is 2.48. The van der Waals surface area contributed by atoms with Gasteiger partial charge in [-0.3, -0.25) is 4.68 Å². The lowest BCUT2D eigenvalue weighted by Crippen LogP contribution is -2.16. The lowest BCUT2D eigenvalue weighted by Gasteiger charge is -2.09. The van der Waals surface area contributed by atoms with E-state index in [4.69, 9.17) is 5.73 Å². The molecule has 1 heterocycles. The highest BCUT2D eigenvalue weighted by atomic mass is 15.3. The Hall–Kier alpha value is -0.900. The Morgan fingerprint density at radius 2 is 2.07 bits per heavy atom. The van der Waals surface area contributed by atoms with E-state index in [0.717, 1.165) is 24.5 Å². The number of aromatic nitrogens is 3. The minimum atomic E-state index is 0.336. The van der Waals surface area contributed by atoms with E-state index in [2.05, 4.69) is 30.9 Å². The third-order valence-corrected chi connectivity index (χ3v) is 2.57. The first kappa shape index (κ1) is 12.2. The van der Waals surface area contributed by atoms with Crippen LogP contribution in [-0.2, 0) is 13.5 Å². The van der Waals surface area contributed by atoms with Crippen LogP contribution in [0.2, 0.25) is 0 Å². The number of nitrogens with two attached hydrogens (primary N) is 1. The fourth-order valence-corrected chi connectivity index (χ4v) is 1.71. The van der Waals surface area contributed by atoms with E-state index in [-0.39, 0.29) is 0 Å². The molecule has 1 atom stereocenters. The smallest absolute Gasteiger partial charge is 0.151 e. The molecule has 0 aliphatic heterocycles. The number of hydrogen-bond acceptors (Lipinski definition) is 3. The van der Waals surface area contributed by atoms with Crippen molar-refractivity contribution in [2.24, 2.45) is 18.7 Å². The number of nitrogens with zero attached hydrogens (tertiary/aromatic N) is 3. The van der Waals surface area contributed by atoms with Gasteiger partial charge in [-0.2, -0.15) is 5.10 Å². The zero-order valence-corrected chi connectivity index (χ0v) is 10.2. The molecular weight excluding hydrogens is 188 g/mol. The standard InChI is InChI=1S/C11H22N4/c1-5-9(7-12)11-13-10(6-8(2)3)14-15(11)4/h8-9H,5-7,12H2,1-4H3.